The third-order valence-corrected chi connectivity index (χ3v) is 0.924. The van der Waals surface area contributed by atoms with E-state index in [4.69, 9.17) is 0 Å². The third-order valence-electron chi connectivity index (χ3n) is 0.924. The largest absolute Gasteiger partial charge is 0.331 e. The normalized spacial score (nSPS) is 8.91. The molecule has 0 aliphatic carbocycles. The number of hydrogen-bond acceptors (Lipinski definition) is 3. The Morgan fingerprint density at radius 2 is 1.91 bits per heavy atom. The van der Waals surface area contributed by atoms with Crippen molar-refractivity contribution in [2.75, 3.05) is 20.3 Å². The molecule has 0 unspecified atom stereocenters. The smallest absolute Gasteiger partial charge is 0.316 e. The Morgan fingerprint density at radius 1 is 1.27 bits per heavy atom. The molecule has 64 valence electrons. The molecule has 11 heavy (non-hydrogen) atoms. The molecule has 0 bridgehead atoms. The molecule has 0 atom stereocenters. The lowest BCUT2D eigenvalue weighted by Crippen LogP contribution is -2.41. The van der Waals surface area contributed by atoms with E-state index < -0.39 is 0 Å². The van der Waals surface area contributed by atoms with Crippen molar-refractivity contribution >= 4 is 11.8 Å². The molecule has 0 radical (unpaired) electrons. The van der Waals surface area contributed by atoms with Crippen molar-refractivity contribution in [2.24, 2.45) is 0 Å². The average molecular weight is 159 g/mol. The first-order chi connectivity index (χ1) is 5.16. The van der Waals surface area contributed by atoms with Crippen molar-refractivity contribution in [2.45, 2.75) is 6.92 Å². The van der Waals surface area contributed by atoms with E-state index in [2.05, 4.69) is 16.0 Å². The fourth-order valence-corrected chi connectivity index (χ4v) is 0.436. The molecule has 0 saturated heterocycles. The van der Waals surface area contributed by atoms with Crippen LogP contribution in [0.25, 0.3) is 0 Å². The number of ketones is 1. The fourth-order valence-electron chi connectivity index (χ4n) is 0.436. The Morgan fingerprint density at radius 3 is 2.36 bits per heavy atom. The minimum atomic E-state index is -0.338. The summed E-state index contributed by atoms with van der Waals surface area (Å²) >= 11 is 0. The van der Waals surface area contributed by atoms with Gasteiger partial charge >= 0.3 is 6.03 Å². The van der Waals surface area contributed by atoms with Gasteiger partial charge in [-0.25, -0.2) is 4.79 Å². The minimum absolute atomic E-state index is 0.0652. The molecule has 0 aliphatic rings. The van der Waals surface area contributed by atoms with E-state index in [1.807, 2.05) is 0 Å². The van der Waals surface area contributed by atoms with Crippen LogP contribution in [0.1, 0.15) is 6.92 Å². The molecule has 3 N–H and O–H groups in total. The lowest BCUT2D eigenvalue weighted by Gasteiger charge is -2.04. The van der Waals surface area contributed by atoms with Crippen molar-refractivity contribution in [3.8, 4) is 0 Å². The van der Waals surface area contributed by atoms with E-state index in [0.717, 1.165) is 0 Å². The van der Waals surface area contributed by atoms with E-state index in [0.29, 0.717) is 6.67 Å². The van der Waals surface area contributed by atoms with Gasteiger partial charge in [-0.15, -0.1) is 0 Å². The van der Waals surface area contributed by atoms with Crippen LogP contribution in [-0.4, -0.2) is 32.1 Å². The maximum atomic E-state index is 10.7. The summed E-state index contributed by atoms with van der Waals surface area (Å²) in [6.45, 7) is 1.89. The zero-order valence-corrected chi connectivity index (χ0v) is 6.73. The summed E-state index contributed by atoms with van der Waals surface area (Å²) in [6.07, 6.45) is 0. The van der Waals surface area contributed by atoms with Gasteiger partial charge in [0, 0.05) is 0 Å². The second-order valence-electron chi connectivity index (χ2n) is 2.09. The maximum Gasteiger partial charge on any atom is 0.316 e. The van der Waals surface area contributed by atoms with Crippen molar-refractivity contribution < 1.29 is 9.59 Å². The Balaban J connectivity index is 3.30. The van der Waals surface area contributed by atoms with Crippen molar-refractivity contribution in [3.05, 3.63) is 0 Å². The molecule has 0 heterocycles. The Labute approximate surface area is 65.5 Å². The summed E-state index contributed by atoms with van der Waals surface area (Å²) in [7, 11) is 1.71. The van der Waals surface area contributed by atoms with Crippen LogP contribution in [0.5, 0.6) is 0 Å². The first-order valence-corrected chi connectivity index (χ1v) is 3.32. The van der Waals surface area contributed by atoms with Crippen molar-refractivity contribution in [1.82, 2.24) is 16.0 Å². The average Bonchev–Trinajstić information content (AvgIpc) is 1.97. The summed E-state index contributed by atoms with van der Waals surface area (Å²) in [5, 5.41) is 7.58. The van der Waals surface area contributed by atoms with Gasteiger partial charge in [0.1, 0.15) is 5.78 Å². The molecule has 5 nitrogen and oxygen atoms in total. The molecule has 5 heteroatoms. The number of urea groups is 1. The van der Waals surface area contributed by atoms with Crippen molar-refractivity contribution in [3.63, 3.8) is 0 Å². The van der Waals surface area contributed by atoms with Gasteiger partial charge in [-0.2, -0.15) is 0 Å². The van der Waals surface area contributed by atoms with Crippen LogP contribution in [0.3, 0.4) is 0 Å². The molecule has 0 saturated carbocycles. The highest BCUT2D eigenvalue weighted by molar-refractivity contribution is 5.83. The Kier molecular flexibility index (Phi) is 5.10. The molecule has 0 fully saturated rings. The molecule has 0 aromatic carbocycles. The lowest BCUT2D eigenvalue weighted by atomic mass is 10.4. The van der Waals surface area contributed by atoms with Crippen LogP contribution in [0.2, 0.25) is 0 Å². The van der Waals surface area contributed by atoms with E-state index in [9.17, 15) is 9.59 Å². The summed E-state index contributed by atoms with van der Waals surface area (Å²) < 4.78 is 0. The maximum absolute atomic E-state index is 10.7. The van der Waals surface area contributed by atoms with Crippen LogP contribution in [0, 0.1) is 0 Å². The zero-order chi connectivity index (χ0) is 8.69. The van der Waals surface area contributed by atoms with Gasteiger partial charge in [-0.05, 0) is 14.0 Å². The van der Waals surface area contributed by atoms with Crippen LogP contribution < -0.4 is 16.0 Å². The number of hydrogen-bond donors (Lipinski definition) is 3. The fraction of sp³-hybridized carbons (Fsp3) is 0.667. The topological polar surface area (TPSA) is 70.2 Å². The van der Waals surface area contributed by atoms with Gasteiger partial charge in [0.05, 0.1) is 13.2 Å². The monoisotopic (exact) mass is 159 g/mol. The van der Waals surface area contributed by atoms with Crippen LogP contribution in [-0.2, 0) is 4.79 Å². The first kappa shape index (κ1) is 9.90. The lowest BCUT2D eigenvalue weighted by molar-refractivity contribution is -0.116. The summed E-state index contributed by atoms with van der Waals surface area (Å²) in [4.78, 5) is 21.1. The number of Topliss-reactive ketones (excluding diaryl/α,β-unsaturated/α-hetero) is 1. The van der Waals surface area contributed by atoms with E-state index >= 15 is 0 Å². The first-order valence-electron chi connectivity index (χ1n) is 3.32. The SMILES string of the molecule is CNCNC(=O)NCC(C)=O. The second-order valence-corrected chi connectivity index (χ2v) is 2.09. The van der Waals surface area contributed by atoms with Gasteiger partial charge in [0.15, 0.2) is 0 Å². The number of carbonyl (C=O) groups excluding carboxylic acids is 2. The molecule has 0 aromatic rings. The molecule has 0 aromatic heterocycles. The molecule has 2 amide bonds. The number of rotatable bonds is 4. The Hall–Kier alpha value is -1.10. The van der Waals surface area contributed by atoms with Gasteiger partial charge in [-0.3, -0.25) is 4.79 Å². The van der Waals surface area contributed by atoms with Crippen LogP contribution >= 0.6 is 0 Å². The highest BCUT2D eigenvalue weighted by atomic mass is 16.2. The number of nitrogens with one attached hydrogen (secondary N) is 3. The Bertz CT molecular complexity index is 147. The number of amides is 2. The molecule has 0 spiro atoms. The summed E-state index contributed by atoms with van der Waals surface area (Å²) in [5.41, 5.74) is 0. The third kappa shape index (κ3) is 6.79. The highest BCUT2D eigenvalue weighted by Crippen LogP contribution is 1.65. The quantitative estimate of drug-likeness (QED) is 0.463. The molecular formula is C6H13N3O2. The summed E-state index contributed by atoms with van der Waals surface area (Å²) in [5.74, 6) is -0.0652. The molecule has 0 rings (SSSR count). The van der Waals surface area contributed by atoms with Gasteiger partial charge in [0.25, 0.3) is 0 Å². The molecule has 0 aliphatic heterocycles. The number of carbonyl (C=O) groups is 2. The standard InChI is InChI=1S/C6H13N3O2/c1-5(10)3-8-6(11)9-4-7-2/h7H,3-4H2,1-2H3,(H2,8,9,11). The van der Waals surface area contributed by atoms with Gasteiger partial charge in [-0.1, -0.05) is 0 Å². The predicted molar refractivity (Wildman–Crippen MR) is 41.1 cm³/mol. The van der Waals surface area contributed by atoms with Gasteiger partial charge < -0.3 is 16.0 Å². The van der Waals surface area contributed by atoms with E-state index in [1.54, 1.807) is 7.05 Å². The summed E-state index contributed by atoms with van der Waals surface area (Å²) in [6, 6.07) is -0.338. The van der Waals surface area contributed by atoms with Gasteiger partial charge in [0.2, 0.25) is 0 Å². The predicted octanol–water partition coefficient (Wildman–Crippen LogP) is -0.948. The second kappa shape index (κ2) is 5.67. The highest BCUT2D eigenvalue weighted by Gasteiger charge is 1.98. The van der Waals surface area contributed by atoms with Crippen LogP contribution in [0.4, 0.5) is 4.79 Å². The zero-order valence-electron chi connectivity index (χ0n) is 6.73. The molecular weight excluding hydrogens is 146 g/mol. The van der Waals surface area contributed by atoms with Crippen LogP contribution in [0.15, 0.2) is 0 Å². The minimum Gasteiger partial charge on any atom is -0.331 e. The van der Waals surface area contributed by atoms with E-state index in [1.165, 1.54) is 6.92 Å². The van der Waals surface area contributed by atoms with E-state index in [-0.39, 0.29) is 18.4 Å². The van der Waals surface area contributed by atoms with Crippen molar-refractivity contribution in [1.29, 1.82) is 0 Å².